The molecule has 4 rings (SSSR count). The number of nitrogens with one attached hydrogen (secondary N) is 1. The molecule has 1 aliphatic rings. The van der Waals surface area contributed by atoms with Crippen molar-refractivity contribution in [2.75, 3.05) is 5.32 Å². The molecule has 0 saturated heterocycles. The largest absolute Gasteiger partial charge is 0.433 e. The minimum atomic E-state index is -4.55. The van der Waals surface area contributed by atoms with Gasteiger partial charge in [0.15, 0.2) is 0 Å². The van der Waals surface area contributed by atoms with Gasteiger partial charge in [-0.3, -0.25) is 4.79 Å². The van der Waals surface area contributed by atoms with Crippen molar-refractivity contribution in [3.05, 3.63) is 52.9 Å². The number of alkyl halides is 3. The lowest BCUT2D eigenvalue weighted by molar-refractivity contribution is -0.141. The third-order valence-corrected chi connectivity index (χ3v) is 6.91. The molecule has 2 heterocycles. The van der Waals surface area contributed by atoms with E-state index < -0.39 is 17.3 Å². The number of aromatic nitrogens is 3. The number of primary amides is 1. The van der Waals surface area contributed by atoms with Gasteiger partial charge in [-0.05, 0) is 49.1 Å². The molecule has 3 aromatic rings. The normalized spacial score (nSPS) is 16.0. The predicted octanol–water partition coefficient (Wildman–Crippen LogP) is 5.36. The van der Waals surface area contributed by atoms with E-state index >= 15 is 0 Å². The number of hydrogen-bond donors (Lipinski definition) is 2. The summed E-state index contributed by atoms with van der Waals surface area (Å²) in [7, 11) is 0. The Bertz CT molecular complexity index is 1140. The lowest BCUT2D eigenvalue weighted by atomic mass is 9.74. The first-order valence-corrected chi connectivity index (χ1v) is 11.0. The molecule has 10 heteroatoms. The second-order valence-corrected chi connectivity index (χ2v) is 9.04. The summed E-state index contributed by atoms with van der Waals surface area (Å²) in [4.78, 5) is 25.2. The molecule has 0 radical (unpaired) electrons. The van der Waals surface area contributed by atoms with Gasteiger partial charge in [0.05, 0.1) is 4.88 Å². The van der Waals surface area contributed by atoms with Crippen molar-refractivity contribution in [3.63, 3.8) is 0 Å². The van der Waals surface area contributed by atoms with Crippen LogP contribution in [0, 0.1) is 6.92 Å². The number of carbonyl (C=O) groups is 1. The van der Waals surface area contributed by atoms with Crippen molar-refractivity contribution in [3.8, 4) is 10.4 Å². The molecule has 168 valence electrons. The van der Waals surface area contributed by atoms with Crippen molar-refractivity contribution in [1.82, 2.24) is 15.0 Å². The Balaban J connectivity index is 1.64. The van der Waals surface area contributed by atoms with Crippen LogP contribution in [0.5, 0.6) is 0 Å². The van der Waals surface area contributed by atoms with Gasteiger partial charge in [0.2, 0.25) is 11.9 Å². The molecule has 3 N–H and O–H groups in total. The number of halogens is 3. The molecular formula is C22H22F3N5OS. The monoisotopic (exact) mass is 461 g/mol. The summed E-state index contributed by atoms with van der Waals surface area (Å²) < 4.78 is 38.8. The standard InChI is InChI=1S/C22H22F3N5OS/c1-13-9-14(11-15(10-13)29-20-27-8-5-17(30-20)22(23,24)25)16-12-28-19(32-16)21(18(26)31)6-3-2-4-7-21/h5,8-12H,2-4,6-7H2,1H3,(H2,26,31)(H,27,29,30). The number of nitrogens with two attached hydrogens (primary N) is 1. The van der Waals surface area contributed by atoms with Gasteiger partial charge in [-0.1, -0.05) is 25.3 Å². The summed E-state index contributed by atoms with van der Waals surface area (Å²) in [5.41, 5.74) is 6.33. The molecule has 1 amide bonds. The van der Waals surface area contributed by atoms with Crippen LogP contribution in [0.25, 0.3) is 10.4 Å². The van der Waals surface area contributed by atoms with Crippen LogP contribution in [0.2, 0.25) is 0 Å². The summed E-state index contributed by atoms with van der Waals surface area (Å²) >= 11 is 1.43. The molecule has 1 saturated carbocycles. The Morgan fingerprint density at radius 3 is 2.59 bits per heavy atom. The minimum Gasteiger partial charge on any atom is -0.369 e. The Kier molecular flexibility index (Phi) is 5.89. The van der Waals surface area contributed by atoms with E-state index in [2.05, 4.69) is 20.3 Å². The Hall–Kier alpha value is -3.01. The minimum absolute atomic E-state index is 0.142. The fraction of sp³-hybridized carbons (Fsp3) is 0.364. The van der Waals surface area contributed by atoms with Crippen LogP contribution in [0.4, 0.5) is 24.8 Å². The average Bonchev–Trinajstić information content (AvgIpc) is 3.24. The Morgan fingerprint density at radius 2 is 1.91 bits per heavy atom. The average molecular weight is 462 g/mol. The number of amides is 1. The van der Waals surface area contributed by atoms with Gasteiger partial charge in [-0.2, -0.15) is 13.2 Å². The van der Waals surface area contributed by atoms with E-state index in [0.717, 1.165) is 52.5 Å². The molecule has 6 nitrogen and oxygen atoms in total. The molecule has 2 aromatic heterocycles. The molecular weight excluding hydrogens is 439 g/mol. The van der Waals surface area contributed by atoms with Crippen molar-refractivity contribution in [1.29, 1.82) is 0 Å². The fourth-order valence-electron chi connectivity index (χ4n) is 4.05. The fourth-order valence-corrected chi connectivity index (χ4v) is 5.21. The van der Waals surface area contributed by atoms with Crippen LogP contribution in [0.1, 0.15) is 48.4 Å². The Morgan fingerprint density at radius 1 is 1.16 bits per heavy atom. The van der Waals surface area contributed by atoms with E-state index in [9.17, 15) is 18.0 Å². The molecule has 1 aromatic carbocycles. The first kappa shape index (κ1) is 22.2. The molecule has 0 aliphatic heterocycles. The summed E-state index contributed by atoms with van der Waals surface area (Å²) in [6.45, 7) is 1.88. The molecule has 1 fully saturated rings. The summed E-state index contributed by atoms with van der Waals surface area (Å²) in [5, 5.41) is 3.57. The van der Waals surface area contributed by atoms with Crippen LogP contribution >= 0.6 is 11.3 Å². The number of nitrogens with zero attached hydrogens (tertiary/aromatic N) is 3. The first-order valence-electron chi connectivity index (χ1n) is 10.2. The topological polar surface area (TPSA) is 93.8 Å². The zero-order valence-corrected chi connectivity index (χ0v) is 18.2. The number of anilines is 2. The predicted molar refractivity (Wildman–Crippen MR) is 117 cm³/mol. The highest BCUT2D eigenvalue weighted by Crippen LogP contribution is 2.43. The quantitative estimate of drug-likeness (QED) is 0.534. The van der Waals surface area contributed by atoms with Crippen LogP contribution in [-0.4, -0.2) is 20.9 Å². The summed E-state index contributed by atoms with van der Waals surface area (Å²) in [6, 6.07) is 6.37. The second kappa shape index (κ2) is 8.50. The number of aryl methyl sites for hydroxylation is 1. The molecule has 1 aliphatic carbocycles. The van der Waals surface area contributed by atoms with E-state index in [1.165, 1.54) is 11.3 Å². The third-order valence-electron chi connectivity index (χ3n) is 5.66. The van der Waals surface area contributed by atoms with E-state index in [1.54, 1.807) is 18.3 Å². The zero-order valence-electron chi connectivity index (χ0n) is 17.4. The van der Waals surface area contributed by atoms with Gasteiger partial charge in [-0.25, -0.2) is 15.0 Å². The number of benzene rings is 1. The highest BCUT2D eigenvalue weighted by atomic mass is 32.1. The van der Waals surface area contributed by atoms with E-state index in [-0.39, 0.29) is 11.9 Å². The summed E-state index contributed by atoms with van der Waals surface area (Å²) in [6.07, 6.45) is 2.59. The van der Waals surface area contributed by atoms with Crippen molar-refractivity contribution in [2.24, 2.45) is 5.73 Å². The summed E-state index contributed by atoms with van der Waals surface area (Å²) in [5.74, 6) is -0.484. The van der Waals surface area contributed by atoms with Crippen molar-refractivity contribution >= 4 is 28.9 Å². The van der Waals surface area contributed by atoms with Gasteiger partial charge >= 0.3 is 6.18 Å². The van der Waals surface area contributed by atoms with Crippen LogP contribution in [-0.2, 0) is 16.4 Å². The number of thiazole rings is 1. The smallest absolute Gasteiger partial charge is 0.369 e. The van der Waals surface area contributed by atoms with Crippen LogP contribution < -0.4 is 11.1 Å². The first-order chi connectivity index (χ1) is 15.2. The highest BCUT2D eigenvalue weighted by Gasteiger charge is 2.42. The number of carbonyl (C=O) groups excluding carboxylic acids is 1. The van der Waals surface area contributed by atoms with Crippen molar-refractivity contribution in [2.45, 2.75) is 50.6 Å². The van der Waals surface area contributed by atoms with E-state index in [4.69, 9.17) is 5.73 Å². The molecule has 32 heavy (non-hydrogen) atoms. The van der Waals surface area contributed by atoms with Gasteiger partial charge in [-0.15, -0.1) is 11.3 Å². The number of rotatable bonds is 5. The van der Waals surface area contributed by atoms with Crippen molar-refractivity contribution < 1.29 is 18.0 Å². The Labute approximate surface area is 187 Å². The number of hydrogen-bond acceptors (Lipinski definition) is 6. The van der Waals surface area contributed by atoms with Gasteiger partial charge < -0.3 is 11.1 Å². The molecule has 0 unspecified atom stereocenters. The molecule has 0 spiro atoms. The third kappa shape index (κ3) is 4.45. The molecule has 0 bridgehead atoms. The molecule has 0 atom stereocenters. The van der Waals surface area contributed by atoms with Gasteiger partial charge in [0.1, 0.15) is 16.1 Å². The van der Waals surface area contributed by atoms with Crippen LogP contribution in [0.3, 0.4) is 0 Å². The maximum atomic E-state index is 12.9. The lowest BCUT2D eigenvalue weighted by Gasteiger charge is -2.32. The van der Waals surface area contributed by atoms with E-state index in [1.807, 2.05) is 13.0 Å². The van der Waals surface area contributed by atoms with E-state index in [0.29, 0.717) is 18.5 Å². The van der Waals surface area contributed by atoms with Gasteiger partial charge in [0, 0.05) is 18.1 Å². The highest BCUT2D eigenvalue weighted by molar-refractivity contribution is 7.15. The SMILES string of the molecule is Cc1cc(Nc2nccc(C(F)(F)F)n2)cc(-c2cnc(C3(C(N)=O)CCCCC3)s2)c1. The lowest BCUT2D eigenvalue weighted by Crippen LogP contribution is -2.42. The zero-order chi connectivity index (χ0) is 22.9. The second-order valence-electron chi connectivity index (χ2n) is 8.01. The van der Waals surface area contributed by atoms with Gasteiger partial charge in [0.25, 0.3) is 0 Å². The van der Waals surface area contributed by atoms with Crippen LogP contribution in [0.15, 0.2) is 36.7 Å². The maximum absolute atomic E-state index is 12.9. The maximum Gasteiger partial charge on any atom is 0.433 e.